The van der Waals surface area contributed by atoms with Crippen molar-refractivity contribution in [3.8, 4) is 22.6 Å². The summed E-state index contributed by atoms with van der Waals surface area (Å²) >= 11 is 0. The summed E-state index contributed by atoms with van der Waals surface area (Å²) in [5.41, 5.74) is 3.54. The average Bonchev–Trinajstić information content (AvgIpc) is 2.76. The first kappa shape index (κ1) is 20.5. The van der Waals surface area contributed by atoms with Crippen LogP contribution in [0.3, 0.4) is 0 Å². The minimum absolute atomic E-state index is 0.272. The molecule has 1 N–H and O–H groups in total. The Hall–Kier alpha value is -3.27. The van der Waals surface area contributed by atoms with E-state index in [1.54, 1.807) is 31.4 Å². The van der Waals surface area contributed by atoms with E-state index in [0.717, 1.165) is 36.8 Å². The molecule has 0 saturated carbocycles. The number of aromatic carboxylic acids is 1. The molecule has 0 heterocycles. The Kier molecular flexibility index (Phi) is 7.28. The van der Waals surface area contributed by atoms with Crippen molar-refractivity contribution in [2.45, 2.75) is 25.7 Å². The van der Waals surface area contributed by atoms with Gasteiger partial charge in [0, 0.05) is 0 Å². The van der Waals surface area contributed by atoms with Gasteiger partial charge in [0.1, 0.15) is 0 Å². The van der Waals surface area contributed by atoms with Crippen molar-refractivity contribution in [1.82, 2.24) is 0 Å². The maximum absolute atomic E-state index is 11.0. The molecule has 4 heteroatoms. The highest BCUT2D eigenvalue weighted by atomic mass is 16.5. The van der Waals surface area contributed by atoms with Crippen molar-refractivity contribution in [2.75, 3.05) is 13.7 Å². The molecule has 150 valence electrons. The van der Waals surface area contributed by atoms with Gasteiger partial charge in [0.15, 0.2) is 11.5 Å². The average molecular weight is 390 g/mol. The number of benzene rings is 3. The molecule has 0 unspecified atom stereocenters. The van der Waals surface area contributed by atoms with Gasteiger partial charge in [0.25, 0.3) is 0 Å². The highest BCUT2D eigenvalue weighted by molar-refractivity contribution is 5.88. The summed E-state index contributed by atoms with van der Waals surface area (Å²) in [5.74, 6) is 0.470. The first-order valence-electron chi connectivity index (χ1n) is 9.86. The zero-order valence-corrected chi connectivity index (χ0v) is 16.6. The summed E-state index contributed by atoms with van der Waals surface area (Å²) in [6.07, 6.45) is 4.31. The molecule has 3 aromatic carbocycles. The number of rotatable bonds is 10. The van der Waals surface area contributed by atoms with Gasteiger partial charge in [-0.15, -0.1) is 0 Å². The molecule has 3 aromatic rings. The molecule has 0 bridgehead atoms. The van der Waals surface area contributed by atoms with Crippen molar-refractivity contribution in [3.63, 3.8) is 0 Å². The molecule has 0 amide bonds. The smallest absolute Gasteiger partial charge is 0.335 e. The predicted octanol–water partition coefficient (Wildman–Crippen LogP) is 5.85. The molecule has 0 atom stereocenters. The lowest BCUT2D eigenvalue weighted by Gasteiger charge is -2.13. The number of methoxy groups -OCH3 is 1. The minimum atomic E-state index is -0.928. The number of unbranched alkanes of at least 4 members (excludes halogenated alkanes) is 2. The lowest BCUT2D eigenvalue weighted by atomic mass is 10.0. The number of carboxylic acids is 1. The Balaban J connectivity index is 1.55. The van der Waals surface area contributed by atoms with Gasteiger partial charge in [0.2, 0.25) is 0 Å². The third-order valence-electron chi connectivity index (χ3n) is 4.84. The fourth-order valence-electron chi connectivity index (χ4n) is 3.21. The van der Waals surface area contributed by atoms with Crippen molar-refractivity contribution in [1.29, 1.82) is 0 Å². The lowest BCUT2D eigenvalue weighted by molar-refractivity contribution is 0.0697. The highest BCUT2D eigenvalue weighted by Gasteiger charge is 2.09. The molecule has 0 aliphatic heterocycles. The van der Waals surface area contributed by atoms with Crippen LogP contribution in [0, 0.1) is 0 Å². The van der Waals surface area contributed by atoms with Crippen molar-refractivity contribution in [3.05, 3.63) is 83.9 Å². The highest BCUT2D eigenvalue weighted by Crippen LogP contribution is 2.33. The topological polar surface area (TPSA) is 55.8 Å². The quantitative estimate of drug-likeness (QED) is 0.441. The van der Waals surface area contributed by atoms with Gasteiger partial charge >= 0.3 is 5.97 Å². The molecular weight excluding hydrogens is 364 g/mol. The molecular formula is C25H26O4. The number of carbonyl (C=O) groups is 1. The van der Waals surface area contributed by atoms with E-state index >= 15 is 0 Å². The molecule has 0 fully saturated rings. The van der Waals surface area contributed by atoms with E-state index in [4.69, 9.17) is 14.6 Å². The van der Waals surface area contributed by atoms with Crippen LogP contribution in [0.4, 0.5) is 0 Å². The van der Waals surface area contributed by atoms with E-state index in [0.29, 0.717) is 18.1 Å². The number of ether oxygens (including phenoxy) is 2. The summed E-state index contributed by atoms with van der Waals surface area (Å²) in [6.45, 7) is 0.632. The van der Waals surface area contributed by atoms with Gasteiger partial charge in [-0.05, 0) is 66.6 Å². The van der Waals surface area contributed by atoms with E-state index in [1.807, 2.05) is 24.3 Å². The van der Waals surface area contributed by atoms with Gasteiger partial charge in [0.05, 0.1) is 19.3 Å². The molecule has 0 aliphatic carbocycles. The number of carboxylic acid groups (broad SMARTS) is 1. The lowest BCUT2D eigenvalue weighted by Crippen LogP contribution is -2.00. The number of aryl methyl sites for hydroxylation is 1. The fourth-order valence-corrected chi connectivity index (χ4v) is 3.21. The zero-order valence-electron chi connectivity index (χ0n) is 16.6. The summed E-state index contributed by atoms with van der Waals surface area (Å²) in [4.78, 5) is 11.0. The van der Waals surface area contributed by atoms with Crippen LogP contribution in [0.2, 0.25) is 0 Å². The number of hydrogen-bond acceptors (Lipinski definition) is 3. The van der Waals surface area contributed by atoms with Crippen LogP contribution in [0.25, 0.3) is 11.1 Å². The largest absolute Gasteiger partial charge is 0.493 e. The monoisotopic (exact) mass is 390 g/mol. The van der Waals surface area contributed by atoms with Crippen LogP contribution in [0.5, 0.6) is 11.5 Å². The standard InChI is InChI=1S/C25H26O4/c1-28-23-16-15-22(20-11-13-21(14-12-20)25(26)27)18-24(23)29-17-7-3-6-10-19-8-4-2-5-9-19/h2,4-5,8-9,11-16,18H,3,6-7,10,17H2,1H3,(H,26,27). The molecule has 0 radical (unpaired) electrons. The SMILES string of the molecule is COc1ccc(-c2ccc(C(=O)O)cc2)cc1OCCCCCc1ccccc1. The molecule has 0 aromatic heterocycles. The normalized spacial score (nSPS) is 10.5. The second-order valence-corrected chi connectivity index (χ2v) is 6.89. The third-order valence-corrected chi connectivity index (χ3v) is 4.84. The number of hydrogen-bond donors (Lipinski definition) is 1. The maximum Gasteiger partial charge on any atom is 0.335 e. The summed E-state index contributed by atoms with van der Waals surface area (Å²) in [5, 5.41) is 9.05. The van der Waals surface area contributed by atoms with E-state index < -0.39 is 5.97 Å². The van der Waals surface area contributed by atoms with Crippen LogP contribution >= 0.6 is 0 Å². The summed E-state index contributed by atoms with van der Waals surface area (Å²) < 4.78 is 11.4. The van der Waals surface area contributed by atoms with E-state index in [2.05, 4.69) is 24.3 Å². The Morgan fingerprint density at radius 1 is 0.828 bits per heavy atom. The summed E-state index contributed by atoms with van der Waals surface area (Å²) in [7, 11) is 1.63. The van der Waals surface area contributed by atoms with E-state index in [9.17, 15) is 4.79 Å². The first-order chi connectivity index (χ1) is 14.2. The summed E-state index contributed by atoms with van der Waals surface area (Å²) in [6, 6.07) is 23.1. The van der Waals surface area contributed by atoms with Crippen LogP contribution in [0.1, 0.15) is 35.2 Å². The van der Waals surface area contributed by atoms with E-state index in [1.165, 1.54) is 5.56 Å². The maximum atomic E-state index is 11.0. The molecule has 0 saturated heterocycles. The molecule has 29 heavy (non-hydrogen) atoms. The Morgan fingerprint density at radius 2 is 1.55 bits per heavy atom. The van der Waals surface area contributed by atoms with Gasteiger partial charge in [-0.2, -0.15) is 0 Å². The molecule has 0 spiro atoms. The second-order valence-electron chi connectivity index (χ2n) is 6.89. The van der Waals surface area contributed by atoms with Crippen molar-refractivity contribution in [2.24, 2.45) is 0 Å². The Labute approximate surface area is 171 Å². The van der Waals surface area contributed by atoms with Gasteiger partial charge in [-0.25, -0.2) is 4.79 Å². The van der Waals surface area contributed by atoms with Crippen molar-refractivity contribution < 1.29 is 19.4 Å². The predicted molar refractivity (Wildman–Crippen MR) is 115 cm³/mol. The van der Waals surface area contributed by atoms with E-state index in [-0.39, 0.29) is 5.56 Å². The van der Waals surface area contributed by atoms with Crippen LogP contribution in [0.15, 0.2) is 72.8 Å². The van der Waals surface area contributed by atoms with Crippen molar-refractivity contribution >= 4 is 5.97 Å². The fraction of sp³-hybridized carbons (Fsp3) is 0.240. The van der Waals surface area contributed by atoms with Gasteiger partial charge < -0.3 is 14.6 Å². The third kappa shape index (κ3) is 5.85. The van der Waals surface area contributed by atoms with Crippen LogP contribution in [-0.2, 0) is 6.42 Å². The molecule has 3 rings (SSSR count). The van der Waals surface area contributed by atoms with Crippen LogP contribution < -0.4 is 9.47 Å². The molecule has 0 aliphatic rings. The van der Waals surface area contributed by atoms with Gasteiger partial charge in [-0.3, -0.25) is 0 Å². The Bertz CT molecular complexity index is 917. The van der Waals surface area contributed by atoms with Gasteiger partial charge in [-0.1, -0.05) is 48.5 Å². The van der Waals surface area contributed by atoms with Crippen LogP contribution in [-0.4, -0.2) is 24.8 Å². The molecule has 4 nitrogen and oxygen atoms in total. The minimum Gasteiger partial charge on any atom is -0.493 e. The Morgan fingerprint density at radius 3 is 2.24 bits per heavy atom. The zero-order chi connectivity index (χ0) is 20.5. The second kappa shape index (κ2) is 10.3. The first-order valence-corrected chi connectivity index (χ1v) is 9.86.